The van der Waals surface area contributed by atoms with Gasteiger partial charge in [-0.25, -0.2) is 4.79 Å². The number of rotatable bonds is 6. The first-order valence-electron chi connectivity index (χ1n) is 7.56. The largest absolute Gasteiger partial charge is 0.452 e. The molecule has 0 saturated heterocycles. The summed E-state index contributed by atoms with van der Waals surface area (Å²) in [7, 11) is 0. The van der Waals surface area contributed by atoms with Gasteiger partial charge in [-0.05, 0) is 30.5 Å². The van der Waals surface area contributed by atoms with Crippen LogP contribution in [0.25, 0.3) is 11.4 Å². The smallest absolute Gasteiger partial charge is 0.345 e. The van der Waals surface area contributed by atoms with Crippen LogP contribution in [0.15, 0.2) is 56.4 Å². The number of nitrogens with zero attached hydrogens (tertiary/aromatic N) is 3. The van der Waals surface area contributed by atoms with E-state index in [1.54, 1.807) is 12.3 Å². The predicted octanol–water partition coefficient (Wildman–Crippen LogP) is 4.49. The zero-order valence-corrected chi connectivity index (χ0v) is 16.3. The molecule has 10 heteroatoms. The third-order valence-electron chi connectivity index (χ3n) is 3.50. The summed E-state index contributed by atoms with van der Waals surface area (Å²) >= 11 is 4.72. The highest BCUT2D eigenvalue weighted by Crippen LogP contribution is 2.26. The van der Waals surface area contributed by atoms with Crippen LogP contribution in [0, 0.1) is 10.1 Å². The maximum absolute atomic E-state index is 12.3. The van der Waals surface area contributed by atoms with Gasteiger partial charge in [-0.1, -0.05) is 33.2 Å². The van der Waals surface area contributed by atoms with E-state index in [1.165, 1.54) is 23.9 Å². The molecule has 27 heavy (non-hydrogen) atoms. The molecule has 1 heterocycles. The maximum atomic E-state index is 12.3. The lowest BCUT2D eigenvalue weighted by molar-refractivity contribution is -0.385. The molecule has 0 unspecified atom stereocenters. The van der Waals surface area contributed by atoms with Crippen LogP contribution in [0.4, 0.5) is 5.69 Å². The fourth-order valence-corrected chi connectivity index (χ4v) is 3.07. The van der Waals surface area contributed by atoms with Crippen LogP contribution in [-0.4, -0.2) is 27.3 Å². The highest BCUT2D eigenvalue weighted by Gasteiger charge is 2.23. The summed E-state index contributed by atoms with van der Waals surface area (Å²) in [5, 5.41) is 15.0. The van der Waals surface area contributed by atoms with Crippen LogP contribution >= 0.6 is 27.7 Å². The molecular formula is C17H12BrN3O5S. The number of ether oxygens (including phenoxy) is 1. The minimum absolute atomic E-state index is 0.0852. The van der Waals surface area contributed by atoms with Crippen molar-refractivity contribution in [3.8, 4) is 11.4 Å². The summed E-state index contributed by atoms with van der Waals surface area (Å²) in [6.07, 6.45) is 1.80. The zero-order valence-electron chi connectivity index (χ0n) is 13.9. The standard InChI is InChI=1S/C17H12BrN3O5S/c1-27-12-5-6-14(21(23)24)13(8-12)17(22)25-9-15-19-16(20-26-15)10-3-2-4-11(18)7-10/h2-8H,9H2,1H3. The first-order valence-corrected chi connectivity index (χ1v) is 9.58. The Kier molecular flexibility index (Phi) is 5.87. The van der Waals surface area contributed by atoms with Gasteiger partial charge < -0.3 is 9.26 Å². The minimum Gasteiger partial charge on any atom is -0.452 e. The second kappa shape index (κ2) is 8.31. The number of hydrogen-bond donors (Lipinski definition) is 0. The van der Waals surface area contributed by atoms with Crippen molar-refractivity contribution in [2.24, 2.45) is 0 Å². The lowest BCUT2D eigenvalue weighted by Gasteiger charge is -2.05. The van der Waals surface area contributed by atoms with Gasteiger partial charge in [0.15, 0.2) is 6.61 Å². The molecule has 0 saturated carbocycles. The number of esters is 1. The average molecular weight is 450 g/mol. The predicted molar refractivity (Wildman–Crippen MR) is 101 cm³/mol. The molecule has 0 bridgehead atoms. The number of thioether (sulfide) groups is 1. The van der Waals surface area contributed by atoms with E-state index in [1.807, 2.05) is 24.3 Å². The van der Waals surface area contributed by atoms with Crippen molar-refractivity contribution in [1.82, 2.24) is 10.1 Å². The van der Waals surface area contributed by atoms with Crippen LogP contribution in [0.2, 0.25) is 0 Å². The summed E-state index contributed by atoms with van der Waals surface area (Å²) in [5.41, 5.74) is 0.283. The number of halogens is 1. The molecule has 8 nitrogen and oxygen atoms in total. The summed E-state index contributed by atoms with van der Waals surface area (Å²) < 4.78 is 11.1. The Labute approximate surface area is 166 Å². The second-order valence-electron chi connectivity index (χ2n) is 5.24. The lowest BCUT2D eigenvalue weighted by atomic mass is 10.2. The molecule has 1 aromatic heterocycles. The fourth-order valence-electron chi connectivity index (χ4n) is 2.23. The Morgan fingerprint density at radius 3 is 2.85 bits per heavy atom. The first kappa shape index (κ1) is 19.1. The molecule has 0 aliphatic heterocycles. The molecule has 0 aliphatic rings. The van der Waals surface area contributed by atoms with Crippen LogP contribution < -0.4 is 0 Å². The molecule has 0 atom stereocenters. The van der Waals surface area contributed by atoms with E-state index in [0.717, 1.165) is 10.0 Å². The first-order chi connectivity index (χ1) is 13.0. The number of nitro benzene ring substituents is 1. The summed E-state index contributed by atoms with van der Waals surface area (Å²) in [6.45, 7) is -0.291. The molecule has 2 aromatic carbocycles. The van der Waals surface area contributed by atoms with Gasteiger partial charge in [0.1, 0.15) is 5.56 Å². The van der Waals surface area contributed by atoms with E-state index in [0.29, 0.717) is 10.7 Å². The van der Waals surface area contributed by atoms with Gasteiger partial charge in [-0.15, -0.1) is 11.8 Å². The quantitative estimate of drug-likeness (QED) is 0.234. The van der Waals surface area contributed by atoms with Crippen molar-refractivity contribution in [1.29, 1.82) is 0 Å². The number of carbonyl (C=O) groups excluding carboxylic acids is 1. The van der Waals surface area contributed by atoms with Crippen LogP contribution in [-0.2, 0) is 11.3 Å². The van der Waals surface area contributed by atoms with Gasteiger partial charge in [-0.2, -0.15) is 4.98 Å². The van der Waals surface area contributed by atoms with Crippen LogP contribution in [0.1, 0.15) is 16.2 Å². The number of benzene rings is 2. The van der Waals surface area contributed by atoms with E-state index in [2.05, 4.69) is 26.1 Å². The molecule has 0 spiro atoms. The van der Waals surface area contributed by atoms with E-state index < -0.39 is 10.9 Å². The minimum atomic E-state index is -0.834. The van der Waals surface area contributed by atoms with Gasteiger partial charge in [0.25, 0.3) is 11.6 Å². The molecule has 3 aromatic rings. The van der Waals surface area contributed by atoms with Crippen LogP contribution in [0.3, 0.4) is 0 Å². The number of hydrogen-bond acceptors (Lipinski definition) is 8. The molecule has 0 amide bonds. The summed E-state index contributed by atoms with van der Waals surface area (Å²) in [5.74, 6) is -0.403. The van der Waals surface area contributed by atoms with Gasteiger partial charge >= 0.3 is 5.97 Å². The summed E-state index contributed by atoms with van der Waals surface area (Å²) in [4.78, 5) is 27.7. The van der Waals surface area contributed by atoms with E-state index in [4.69, 9.17) is 9.26 Å². The lowest BCUT2D eigenvalue weighted by Crippen LogP contribution is -2.08. The van der Waals surface area contributed by atoms with E-state index in [9.17, 15) is 14.9 Å². The van der Waals surface area contributed by atoms with Crippen LogP contribution in [0.5, 0.6) is 0 Å². The monoisotopic (exact) mass is 449 g/mol. The normalized spacial score (nSPS) is 10.6. The molecule has 138 valence electrons. The van der Waals surface area contributed by atoms with E-state index in [-0.39, 0.29) is 23.7 Å². The van der Waals surface area contributed by atoms with Crippen molar-refractivity contribution in [2.75, 3.05) is 6.26 Å². The van der Waals surface area contributed by atoms with Crippen molar-refractivity contribution in [3.05, 3.63) is 68.5 Å². The van der Waals surface area contributed by atoms with Crippen molar-refractivity contribution in [3.63, 3.8) is 0 Å². The Morgan fingerprint density at radius 1 is 1.33 bits per heavy atom. The fraction of sp³-hybridized carbons (Fsp3) is 0.118. The zero-order chi connectivity index (χ0) is 19.4. The van der Waals surface area contributed by atoms with Crippen molar-refractivity contribution < 1.29 is 19.0 Å². The maximum Gasteiger partial charge on any atom is 0.345 e. The van der Waals surface area contributed by atoms with E-state index >= 15 is 0 Å². The van der Waals surface area contributed by atoms with Crippen molar-refractivity contribution in [2.45, 2.75) is 11.5 Å². The molecule has 0 aliphatic carbocycles. The third kappa shape index (κ3) is 4.52. The highest BCUT2D eigenvalue weighted by atomic mass is 79.9. The van der Waals surface area contributed by atoms with Gasteiger partial charge in [0, 0.05) is 21.0 Å². The number of nitro groups is 1. The number of aromatic nitrogens is 2. The number of carbonyl (C=O) groups is 1. The molecule has 0 N–H and O–H groups in total. The Morgan fingerprint density at radius 2 is 2.15 bits per heavy atom. The van der Waals surface area contributed by atoms with Crippen molar-refractivity contribution >= 4 is 39.3 Å². The SMILES string of the molecule is CSc1ccc([N+](=O)[O-])c(C(=O)OCc2nc(-c3cccc(Br)c3)no2)c1. The highest BCUT2D eigenvalue weighted by molar-refractivity contribution is 9.10. The van der Waals surface area contributed by atoms with Gasteiger partial charge in [-0.3, -0.25) is 10.1 Å². The molecule has 3 rings (SSSR count). The molecular weight excluding hydrogens is 438 g/mol. The summed E-state index contributed by atoms with van der Waals surface area (Å²) in [6, 6.07) is 11.6. The topological polar surface area (TPSA) is 108 Å². The van der Waals surface area contributed by atoms with Gasteiger partial charge in [0.2, 0.25) is 5.82 Å². The average Bonchev–Trinajstić information content (AvgIpc) is 3.14. The third-order valence-corrected chi connectivity index (χ3v) is 4.72. The molecule has 0 radical (unpaired) electrons. The Balaban J connectivity index is 1.74. The molecule has 0 fully saturated rings. The Bertz CT molecular complexity index is 1010. The Hall–Kier alpha value is -2.72. The van der Waals surface area contributed by atoms with Gasteiger partial charge in [0.05, 0.1) is 4.92 Å². The second-order valence-corrected chi connectivity index (χ2v) is 7.03.